The van der Waals surface area contributed by atoms with Crippen LogP contribution in [0, 0.1) is 0 Å². The molecule has 0 saturated carbocycles. The molecule has 0 radical (unpaired) electrons. The molecule has 18 heavy (non-hydrogen) atoms. The summed E-state index contributed by atoms with van der Waals surface area (Å²) in [6, 6.07) is 0. The highest BCUT2D eigenvalue weighted by molar-refractivity contribution is 4.98. The summed E-state index contributed by atoms with van der Waals surface area (Å²) in [5, 5.41) is 9.59. The number of fused-ring (bicyclic) bond motifs is 1. The van der Waals surface area contributed by atoms with E-state index in [1.807, 2.05) is 0 Å². The molecule has 2 aliphatic heterocycles. The summed E-state index contributed by atoms with van der Waals surface area (Å²) < 4.78 is 30.6. The Morgan fingerprint density at radius 2 is 1.78 bits per heavy atom. The van der Waals surface area contributed by atoms with Gasteiger partial charge in [0.05, 0.1) is 6.61 Å². The lowest BCUT2D eigenvalue weighted by atomic mass is 9.99. The molecule has 0 unspecified atom stereocenters. The maximum Gasteiger partial charge on any atom is 0.192 e. The largest absolute Gasteiger partial charge is 0.379 e. The molecule has 2 aliphatic rings. The molecule has 0 bridgehead atoms. The van der Waals surface area contributed by atoms with E-state index in [0.717, 1.165) is 32.1 Å². The van der Waals surface area contributed by atoms with Crippen LogP contribution in [0.15, 0.2) is 0 Å². The number of rotatable bonds is 0. The van der Waals surface area contributed by atoms with Gasteiger partial charge in [0.1, 0.15) is 12.2 Å². The molecule has 2 heterocycles. The van der Waals surface area contributed by atoms with E-state index in [4.69, 9.17) is 14.2 Å². The van der Waals surface area contributed by atoms with E-state index >= 15 is 0 Å². The second kappa shape index (κ2) is 6.28. The van der Waals surface area contributed by atoms with Crippen LogP contribution in [0.5, 0.6) is 0 Å². The van der Waals surface area contributed by atoms with Gasteiger partial charge in [-0.1, -0.05) is 19.3 Å². The van der Waals surface area contributed by atoms with Crippen LogP contribution in [0.2, 0.25) is 0 Å². The third-order valence-corrected chi connectivity index (χ3v) is 3.69. The first-order valence-electron chi connectivity index (χ1n) is 6.84. The van der Waals surface area contributed by atoms with Gasteiger partial charge in [-0.05, 0) is 19.8 Å². The SMILES string of the molecule is C[C@@]1(F)[C@@H]2OCCCCCCCOC[C@H]2O[C@@H]1O. The first kappa shape index (κ1) is 14.2. The van der Waals surface area contributed by atoms with Crippen LogP contribution in [0.1, 0.15) is 39.0 Å². The topological polar surface area (TPSA) is 47.9 Å². The van der Waals surface area contributed by atoms with Crippen molar-refractivity contribution in [3.8, 4) is 0 Å². The Morgan fingerprint density at radius 3 is 2.56 bits per heavy atom. The van der Waals surface area contributed by atoms with Crippen molar-refractivity contribution in [2.24, 2.45) is 0 Å². The van der Waals surface area contributed by atoms with Crippen molar-refractivity contribution in [3.05, 3.63) is 0 Å². The van der Waals surface area contributed by atoms with Gasteiger partial charge in [-0.25, -0.2) is 4.39 Å². The zero-order chi connectivity index (χ0) is 13.0. The van der Waals surface area contributed by atoms with Gasteiger partial charge in [0.15, 0.2) is 12.0 Å². The number of hydrogen-bond acceptors (Lipinski definition) is 4. The minimum absolute atomic E-state index is 0.279. The Hall–Kier alpha value is -0.230. The maximum absolute atomic E-state index is 14.3. The average Bonchev–Trinajstić information content (AvgIpc) is 2.51. The molecule has 2 fully saturated rings. The monoisotopic (exact) mass is 262 g/mol. The lowest BCUT2D eigenvalue weighted by Gasteiger charge is -2.26. The van der Waals surface area contributed by atoms with Gasteiger partial charge >= 0.3 is 0 Å². The zero-order valence-corrected chi connectivity index (χ0v) is 10.9. The second-order valence-electron chi connectivity index (χ2n) is 5.31. The van der Waals surface area contributed by atoms with Crippen molar-refractivity contribution in [3.63, 3.8) is 0 Å². The predicted octanol–water partition coefficient (Wildman–Crippen LogP) is 1.80. The summed E-state index contributed by atoms with van der Waals surface area (Å²) in [6.07, 6.45) is 2.65. The standard InChI is InChI=1S/C13H23FO4/c1-13(14)11-10(18-12(13)15)9-16-7-5-3-2-4-6-8-17-11/h10-12,15H,2-9H2,1H3/t10-,11-,12+,13-/m1/s1. The molecule has 0 spiro atoms. The number of halogens is 1. The van der Waals surface area contributed by atoms with Crippen LogP contribution in [0.4, 0.5) is 4.39 Å². The molecule has 106 valence electrons. The van der Waals surface area contributed by atoms with E-state index in [2.05, 4.69) is 0 Å². The molecule has 0 aromatic carbocycles. The summed E-state index contributed by atoms with van der Waals surface area (Å²) in [5.41, 5.74) is -1.86. The number of alkyl halides is 1. The molecule has 0 aromatic heterocycles. The molecule has 2 saturated heterocycles. The average molecular weight is 262 g/mol. The van der Waals surface area contributed by atoms with E-state index < -0.39 is 24.2 Å². The van der Waals surface area contributed by atoms with Crippen molar-refractivity contribution in [1.29, 1.82) is 0 Å². The molecular weight excluding hydrogens is 239 g/mol. The third kappa shape index (κ3) is 3.20. The van der Waals surface area contributed by atoms with E-state index in [0.29, 0.717) is 13.2 Å². The summed E-state index contributed by atoms with van der Waals surface area (Å²) in [5.74, 6) is 0. The third-order valence-electron chi connectivity index (χ3n) is 3.69. The van der Waals surface area contributed by atoms with Gasteiger partial charge in [0, 0.05) is 13.2 Å². The van der Waals surface area contributed by atoms with Crippen LogP contribution in [0.25, 0.3) is 0 Å². The molecule has 4 nitrogen and oxygen atoms in total. The molecule has 1 N–H and O–H groups in total. The fourth-order valence-electron chi connectivity index (χ4n) is 2.52. The van der Waals surface area contributed by atoms with Crippen molar-refractivity contribution >= 4 is 0 Å². The van der Waals surface area contributed by atoms with Crippen molar-refractivity contribution in [1.82, 2.24) is 0 Å². The van der Waals surface area contributed by atoms with E-state index in [-0.39, 0.29) is 6.61 Å². The van der Waals surface area contributed by atoms with Gasteiger partial charge in [0.25, 0.3) is 0 Å². The molecule has 4 atom stereocenters. The molecule has 5 heteroatoms. The van der Waals surface area contributed by atoms with Crippen molar-refractivity contribution in [2.75, 3.05) is 19.8 Å². The fraction of sp³-hybridized carbons (Fsp3) is 1.00. The lowest BCUT2D eigenvalue weighted by molar-refractivity contribution is -0.146. The Bertz CT molecular complexity index is 259. The van der Waals surface area contributed by atoms with Crippen LogP contribution in [-0.2, 0) is 14.2 Å². The second-order valence-corrected chi connectivity index (χ2v) is 5.31. The van der Waals surface area contributed by atoms with Crippen molar-refractivity contribution < 1.29 is 23.7 Å². The van der Waals surface area contributed by atoms with Crippen molar-refractivity contribution in [2.45, 2.75) is 63.2 Å². The first-order chi connectivity index (χ1) is 8.62. The van der Waals surface area contributed by atoms with E-state index in [1.54, 1.807) is 0 Å². The Morgan fingerprint density at radius 1 is 1.11 bits per heavy atom. The van der Waals surface area contributed by atoms with Gasteiger partial charge in [0.2, 0.25) is 0 Å². The Labute approximate surface area is 107 Å². The lowest BCUT2D eigenvalue weighted by Crippen LogP contribution is -2.44. The zero-order valence-electron chi connectivity index (χ0n) is 10.9. The van der Waals surface area contributed by atoms with E-state index in [1.165, 1.54) is 6.92 Å². The first-order valence-corrected chi connectivity index (χ1v) is 6.84. The number of hydrogen-bond donors (Lipinski definition) is 1. The smallest absolute Gasteiger partial charge is 0.192 e. The quantitative estimate of drug-likeness (QED) is 0.723. The molecule has 0 aliphatic carbocycles. The molecule has 0 aromatic rings. The van der Waals surface area contributed by atoms with Crippen LogP contribution in [0.3, 0.4) is 0 Å². The fourth-order valence-corrected chi connectivity index (χ4v) is 2.52. The minimum atomic E-state index is -1.86. The summed E-state index contributed by atoms with van der Waals surface area (Å²) >= 11 is 0. The summed E-state index contributed by atoms with van der Waals surface area (Å²) in [4.78, 5) is 0. The van der Waals surface area contributed by atoms with Crippen LogP contribution < -0.4 is 0 Å². The van der Waals surface area contributed by atoms with Gasteiger partial charge < -0.3 is 19.3 Å². The Kier molecular flexibility index (Phi) is 4.95. The molecule has 0 amide bonds. The number of ether oxygens (including phenoxy) is 3. The van der Waals surface area contributed by atoms with Gasteiger partial charge in [-0.3, -0.25) is 0 Å². The number of aliphatic hydroxyl groups excluding tert-OH is 1. The molecule has 2 rings (SSSR count). The van der Waals surface area contributed by atoms with Crippen LogP contribution >= 0.6 is 0 Å². The Balaban J connectivity index is 1.97. The predicted molar refractivity (Wildman–Crippen MR) is 64.0 cm³/mol. The van der Waals surface area contributed by atoms with E-state index in [9.17, 15) is 9.50 Å². The van der Waals surface area contributed by atoms with Crippen LogP contribution in [-0.4, -0.2) is 49.1 Å². The highest BCUT2D eigenvalue weighted by Crippen LogP contribution is 2.35. The normalized spacial score (nSPS) is 43.8. The highest BCUT2D eigenvalue weighted by atomic mass is 19.1. The minimum Gasteiger partial charge on any atom is -0.379 e. The van der Waals surface area contributed by atoms with Gasteiger partial charge in [-0.15, -0.1) is 0 Å². The summed E-state index contributed by atoms with van der Waals surface area (Å²) in [7, 11) is 0. The maximum atomic E-state index is 14.3. The van der Waals surface area contributed by atoms with Gasteiger partial charge in [-0.2, -0.15) is 0 Å². The summed E-state index contributed by atoms with van der Waals surface area (Å²) in [6.45, 7) is 2.78. The number of aliphatic hydroxyl groups is 1. The highest BCUT2D eigenvalue weighted by Gasteiger charge is 2.55. The molecular formula is C13H23FO4.